The third kappa shape index (κ3) is 1.61. The predicted molar refractivity (Wildman–Crippen MR) is 28.2 cm³/mol. The van der Waals surface area contributed by atoms with Crippen molar-refractivity contribution in [1.82, 2.24) is 0 Å². The molecule has 1 N–H and O–H groups in total. The molecule has 1 heterocycles. The van der Waals surface area contributed by atoms with Crippen molar-refractivity contribution >= 4 is 12.1 Å². The molecular formula is C5H6O5. The largest absolute Gasteiger partial charge is 0.508 e. The summed E-state index contributed by atoms with van der Waals surface area (Å²) in [4.78, 5) is 20.2. The maximum atomic E-state index is 10.3. The van der Waals surface area contributed by atoms with Crippen LogP contribution in [0.2, 0.25) is 0 Å². The van der Waals surface area contributed by atoms with Crippen LogP contribution in [0.5, 0.6) is 0 Å². The molecule has 0 amide bonds. The Hall–Kier alpha value is -1.26. The maximum Gasteiger partial charge on any atom is 0.508 e. The van der Waals surface area contributed by atoms with Gasteiger partial charge in [0.05, 0.1) is 6.42 Å². The Bertz CT molecular complexity index is 163. The van der Waals surface area contributed by atoms with Gasteiger partial charge in [0, 0.05) is 6.42 Å². The second-order valence-electron chi connectivity index (χ2n) is 1.84. The van der Waals surface area contributed by atoms with Crippen LogP contribution >= 0.6 is 0 Å². The van der Waals surface area contributed by atoms with Gasteiger partial charge in [-0.3, -0.25) is 4.79 Å². The molecule has 5 heteroatoms. The highest BCUT2D eigenvalue weighted by molar-refractivity contribution is 5.71. The lowest BCUT2D eigenvalue weighted by Crippen LogP contribution is -2.15. The van der Waals surface area contributed by atoms with Gasteiger partial charge in [-0.15, -0.1) is 0 Å². The summed E-state index contributed by atoms with van der Waals surface area (Å²) in [5.41, 5.74) is 0. The van der Waals surface area contributed by atoms with E-state index < -0.39 is 18.4 Å². The lowest BCUT2D eigenvalue weighted by Gasteiger charge is -2.05. The maximum absolute atomic E-state index is 10.3. The monoisotopic (exact) mass is 146 g/mol. The zero-order valence-corrected chi connectivity index (χ0v) is 5.07. The van der Waals surface area contributed by atoms with Gasteiger partial charge in [0.25, 0.3) is 6.29 Å². The molecule has 0 aromatic heterocycles. The van der Waals surface area contributed by atoms with Crippen LogP contribution in [-0.2, 0) is 14.3 Å². The molecule has 1 atom stereocenters. The molecule has 0 aromatic rings. The van der Waals surface area contributed by atoms with Gasteiger partial charge in [-0.2, -0.15) is 0 Å². The molecule has 0 bridgehead atoms. The number of hydrogen-bond donors (Lipinski definition) is 1. The fraction of sp³-hybridized carbons (Fsp3) is 0.600. The summed E-state index contributed by atoms with van der Waals surface area (Å²) in [6.07, 6.45) is -1.74. The molecule has 1 fully saturated rings. The van der Waals surface area contributed by atoms with Gasteiger partial charge in [0.1, 0.15) is 0 Å². The molecule has 1 aliphatic rings. The van der Waals surface area contributed by atoms with Crippen LogP contribution in [0, 0.1) is 0 Å². The van der Waals surface area contributed by atoms with Crippen molar-refractivity contribution in [3.63, 3.8) is 0 Å². The van der Waals surface area contributed by atoms with Crippen molar-refractivity contribution in [1.29, 1.82) is 0 Å². The third-order valence-corrected chi connectivity index (χ3v) is 1.08. The Labute approximate surface area is 56.5 Å². The fourth-order valence-corrected chi connectivity index (χ4v) is 0.696. The summed E-state index contributed by atoms with van der Waals surface area (Å²) in [7, 11) is 0. The average molecular weight is 146 g/mol. The molecule has 0 spiro atoms. The van der Waals surface area contributed by atoms with Gasteiger partial charge in [0.2, 0.25) is 0 Å². The number of ether oxygens (including phenoxy) is 2. The molecule has 5 nitrogen and oxygen atoms in total. The van der Waals surface area contributed by atoms with Gasteiger partial charge >= 0.3 is 12.1 Å². The smallest absolute Gasteiger partial charge is 0.450 e. The summed E-state index contributed by atoms with van der Waals surface area (Å²) < 4.78 is 8.59. The minimum atomic E-state index is -1.42. The van der Waals surface area contributed by atoms with E-state index in [2.05, 4.69) is 9.47 Å². The molecule has 1 aliphatic heterocycles. The molecule has 56 valence electrons. The van der Waals surface area contributed by atoms with Gasteiger partial charge < -0.3 is 14.6 Å². The zero-order chi connectivity index (χ0) is 7.56. The van der Waals surface area contributed by atoms with E-state index in [1.165, 1.54) is 0 Å². The molecule has 0 aliphatic carbocycles. The number of cyclic esters (lactones) is 1. The first kappa shape index (κ1) is 6.85. The van der Waals surface area contributed by atoms with E-state index in [1.807, 2.05) is 0 Å². The first-order valence-electron chi connectivity index (χ1n) is 2.77. The summed E-state index contributed by atoms with van der Waals surface area (Å²) in [5.74, 6) is -0.411. The highest BCUT2D eigenvalue weighted by Crippen LogP contribution is 2.14. The Balaban J connectivity index is 2.31. The van der Waals surface area contributed by atoms with E-state index in [0.717, 1.165) is 0 Å². The van der Waals surface area contributed by atoms with Crippen molar-refractivity contribution in [3.05, 3.63) is 0 Å². The average Bonchev–Trinajstić information content (AvgIpc) is 2.13. The van der Waals surface area contributed by atoms with Crippen LogP contribution in [0.3, 0.4) is 0 Å². The highest BCUT2D eigenvalue weighted by Gasteiger charge is 2.26. The van der Waals surface area contributed by atoms with Gasteiger partial charge in [-0.25, -0.2) is 4.79 Å². The topological polar surface area (TPSA) is 72.8 Å². The number of carbonyl (C=O) groups is 2. The Morgan fingerprint density at radius 1 is 1.80 bits per heavy atom. The molecule has 10 heavy (non-hydrogen) atoms. The molecular weight excluding hydrogens is 140 g/mol. The van der Waals surface area contributed by atoms with Crippen LogP contribution in [0.25, 0.3) is 0 Å². The van der Waals surface area contributed by atoms with Crippen molar-refractivity contribution in [2.24, 2.45) is 0 Å². The van der Waals surface area contributed by atoms with Gasteiger partial charge in [-0.05, 0) is 0 Å². The Kier molecular flexibility index (Phi) is 1.75. The third-order valence-electron chi connectivity index (χ3n) is 1.08. The van der Waals surface area contributed by atoms with Crippen molar-refractivity contribution in [2.75, 3.05) is 0 Å². The predicted octanol–water partition coefficient (Wildman–Crippen LogP) is 0.344. The minimum absolute atomic E-state index is 0.234. The second kappa shape index (κ2) is 2.55. The van der Waals surface area contributed by atoms with Crippen molar-refractivity contribution in [2.45, 2.75) is 19.1 Å². The number of carbonyl (C=O) groups excluding carboxylic acids is 1. The normalized spacial score (nSPS) is 24.0. The molecule has 0 radical (unpaired) electrons. The first-order valence-corrected chi connectivity index (χ1v) is 2.77. The quantitative estimate of drug-likeness (QED) is 0.540. The molecule has 0 aromatic carbocycles. The SMILES string of the molecule is O=C(O)O[C@@H]1CCC(=O)O1. The number of esters is 1. The first-order chi connectivity index (χ1) is 4.68. The summed E-state index contributed by atoms with van der Waals surface area (Å²) >= 11 is 0. The lowest BCUT2D eigenvalue weighted by atomic mass is 10.4. The molecule has 1 rings (SSSR count). The summed E-state index contributed by atoms with van der Waals surface area (Å²) in [5, 5.41) is 8.05. The van der Waals surface area contributed by atoms with Gasteiger partial charge in [0.15, 0.2) is 0 Å². The highest BCUT2D eigenvalue weighted by atomic mass is 16.8. The van der Waals surface area contributed by atoms with E-state index >= 15 is 0 Å². The second-order valence-corrected chi connectivity index (χ2v) is 1.84. The van der Waals surface area contributed by atoms with Crippen LogP contribution in [0.15, 0.2) is 0 Å². The number of hydrogen-bond acceptors (Lipinski definition) is 4. The summed E-state index contributed by atoms with van der Waals surface area (Å²) in [6, 6.07) is 0. The van der Waals surface area contributed by atoms with Gasteiger partial charge in [-0.1, -0.05) is 0 Å². The van der Waals surface area contributed by atoms with E-state index in [1.54, 1.807) is 0 Å². The standard InChI is InChI=1S/C5H6O5/c6-3-1-2-4(9-3)10-5(7)8/h4H,1-2H2,(H,7,8)/t4-/m1/s1. The van der Waals surface area contributed by atoms with E-state index in [4.69, 9.17) is 5.11 Å². The van der Waals surface area contributed by atoms with Crippen molar-refractivity contribution < 1.29 is 24.2 Å². The van der Waals surface area contributed by atoms with Crippen LogP contribution in [0.4, 0.5) is 4.79 Å². The zero-order valence-electron chi connectivity index (χ0n) is 5.07. The Morgan fingerprint density at radius 3 is 2.90 bits per heavy atom. The molecule has 1 saturated heterocycles. The number of rotatable bonds is 1. The van der Waals surface area contributed by atoms with Crippen molar-refractivity contribution in [3.8, 4) is 0 Å². The molecule has 0 saturated carbocycles. The Morgan fingerprint density at radius 2 is 2.50 bits per heavy atom. The minimum Gasteiger partial charge on any atom is -0.450 e. The number of carboxylic acid groups (broad SMARTS) is 1. The van der Waals surface area contributed by atoms with Crippen LogP contribution in [0.1, 0.15) is 12.8 Å². The van der Waals surface area contributed by atoms with E-state index in [-0.39, 0.29) is 6.42 Å². The lowest BCUT2D eigenvalue weighted by molar-refractivity contribution is -0.155. The van der Waals surface area contributed by atoms with Crippen LogP contribution < -0.4 is 0 Å². The van der Waals surface area contributed by atoms with E-state index in [0.29, 0.717) is 6.42 Å². The summed E-state index contributed by atoms with van der Waals surface area (Å²) in [6.45, 7) is 0. The fourth-order valence-electron chi connectivity index (χ4n) is 0.696. The molecule has 0 unspecified atom stereocenters. The van der Waals surface area contributed by atoms with Crippen LogP contribution in [-0.4, -0.2) is 23.5 Å². The van der Waals surface area contributed by atoms with E-state index in [9.17, 15) is 9.59 Å².